The van der Waals surface area contributed by atoms with Crippen LogP contribution >= 0.6 is 0 Å². The van der Waals surface area contributed by atoms with Gasteiger partial charge in [0.1, 0.15) is 5.82 Å². The Morgan fingerprint density at radius 2 is 2.20 bits per heavy atom. The number of hydrogen-bond donors (Lipinski definition) is 1. The van der Waals surface area contributed by atoms with Crippen LogP contribution in [-0.4, -0.2) is 53.5 Å². The van der Waals surface area contributed by atoms with Gasteiger partial charge in [0.25, 0.3) is 5.91 Å². The third-order valence-electron chi connectivity index (χ3n) is 3.48. The van der Waals surface area contributed by atoms with E-state index in [0.29, 0.717) is 5.56 Å². The van der Waals surface area contributed by atoms with Crippen LogP contribution in [-0.2, 0) is 4.79 Å². The maximum Gasteiger partial charge on any atom is 0.305 e. The number of anilines is 1. The van der Waals surface area contributed by atoms with Crippen molar-refractivity contribution in [2.45, 2.75) is 25.3 Å². The molecule has 1 unspecified atom stereocenters. The summed E-state index contributed by atoms with van der Waals surface area (Å²) in [6, 6.07) is 3.52. The molecular weight excluding hydrogens is 258 g/mol. The molecule has 0 aliphatic carbocycles. The molecule has 1 saturated heterocycles. The third kappa shape index (κ3) is 3.07. The molecule has 1 N–H and O–H groups in total. The molecule has 2 heterocycles. The topological polar surface area (TPSA) is 73.7 Å². The average Bonchev–Trinajstić information content (AvgIpc) is 2.85. The van der Waals surface area contributed by atoms with Gasteiger partial charge in [-0.2, -0.15) is 0 Å². The van der Waals surface area contributed by atoms with Crippen molar-refractivity contribution in [1.82, 2.24) is 9.88 Å². The van der Waals surface area contributed by atoms with E-state index >= 15 is 0 Å². The van der Waals surface area contributed by atoms with E-state index in [1.165, 1.54) is 4.90 Å². The molecule has 1 amide bonds. The monoisotopic (exact) mass is 277 g/mol. The largest absolute Gasteiger partial charge is 0.481 e. The highest BCUT2D eigenvalue weighted by atomic mass is 16.4. The van der Waals surface area contributed by atoms with Gasteiger partial charge in [-0.25, -0.2) is 4.98 Å². The highest BCUT2D eigenvalue weighted by Crippen LogP contribution is 2.25. The number of nitrogens with zero attached hydrogens (tertiary/aromatic N) is 3. The fourth-order valence-electron chi connectivity index (χ4n) is 2.49. The van der Waals surface area contributed by atoms with Crippen LogP contribution in [0, 0.1) is 0 Å². The number of carboxylic acid groups (broad SMARTS) is 1. The Morgan fingerprint density at radius 1 is 1.45 bits per heavy atom. The molecule has 0 spiro atoms. The van der Waals surface area contributed by atoms with Crippen molar-refractivity contribution in [2.24, 2.45) is 0 Å². The lowest BCUT2D eigenvalue weighted by Crippen LogP contribution is -2.32. The van der Waals surface area contributed by atoms with Crippen molar-refractivity contribution in [3.05, 3.63) is 23.9 Å². The Labute approximate surface area is 118 Å². The summed E-state index contributed by atoms with van der Waals surface area (Å²) >= 11 is 0. The number of pyridine rings is 1. The molecule has 20 heavy (non-hydrogen) atoms. The molecule has 1 aromatic rings. The molecule has 0 bridgehead atoms. The number of amides is 1. The number of aliphatic carboxylic acids is 1. The van der Waals surface area contributed by atoms with Crippen LogP contribution in [0.25, 0.3) is 0 Å². The molecular formula is C14H19N3O3. The first-order valence-electron chi connectivity index (χ1n) is 6.65. The quantitative estimate of drug-likeness (QED) is 0.896. The van der Waals surface area contributed by atoms with Crippen molar-refractivity contribution in [1.29, 1.82) is 0 Å². The zero-order valence-electron chi connectivity index (χ0n) is 11.7. The van der Waals surface area contributed by atoms with E-state index in [4.69, 9.17) is 5.11 Å². The van der Waals surface area contributed by atoms with Crippen LogP contribution in [0.1, 0.15) is 29.6 Å². The smallest absolute Gasteiger partial charge is 0.305 e. The average molecular weight is 277 g/mol. The van der Waals surface area contributed by atoms with Gasteiger partial charge in [0.2, 0.25) is 0 Å². The van der Waals surface area contributed by atoms with Crippen LogP contribution in [0.15, 0.2) is 18.3 Å². The van der Waals surface area contributed by atoms with Crippen LogP contribution in [0.3, 0.4) is 0 Å². The molecule has 1 aliphatic rings. The third-order valence-corrected chi connectivity index (χ3v) is 3.48. The zero-order chi connectivity index (χ0) is 14.7. The van der Waals surface area contributed by atoms with Crippen molar-refractivity contribution in [3.8, 4) is 0 Å². The lowest BCUT2D eigenvalue weighted by atomic mass is 10.1. The van der Waals surface area contributed by atoms with E-state index in [9.17, 15) is 9.59 Å². The van der Waals surface area contributed by atoms with Gasteiger partial charge in [0.15, 0.2) is 0 Å². The molecule has 0 aromatic carbocycles. The van der Waals surface area contributed by atoms with Crippen LogP contribution in [0.4, 0.5) is 5.82 Å². The summed E-state index contributed by atoms with van der Waals surface area (Å²) in [5.74, 6) is -0.141. The van der Waals surface area contributed by atoms with E-state index in [2.05, 4.69) is 4.98 Å². The molecule has 6 nitrogen and oxygen atoms in total. The molecule has 0 radical (unpaired) electrons. The number of carbonyl (C=O) groups is 2. The number of carbonyl (C=O) groups excluding carboxylic acids is 1. The molecule has 0 saturated carbocycles. The van der Waals surface area contributed by atoms with Gasteiger partial charge in [0.05, 0.1) is 12.0 Å². The normalized spacial score (nSPS) is 18.1. The summed E-state index contributed by atoms with van der Waals surface area (Å²) in [5.41, 5.74) is 0.535. The second-order valence-electron chi connectivity index (χ2n) is 5.19. The van der Waals surface area contributed by atoms with Crippen molar-refractivity contribution in [2.75, 3.05) is 25.5 Å². The Balaban J connectivity index is 2.13. The van der Waals surface area contributed by atoms with E-state index in [-0.39, 0.29) is 18.4 Å². The van der Waals surface area contributed by atoms with Crippen molar-refractivity contribution < 1.29 is 14.7 Å². The first-order chi connectivity index (χ1) is 9.49. The number of hydrogen-bond acceptors (Lipinski definition) is 4. The van der Waals surface area contributed by atoms with Gasteiger partial charge in [-0.05, 0) is 25.0 Å². The minimum Gasteiger partial charge on any atom is -0.481 e. The van der Waals surface area contributed by atoms with Gasteiger partial charge >= 0.3 is 5.97 Å². The van der Waals surface area contributed by atoms with Gasteiger partial charge in [0, 0.05) is 32.9 Å². The van der Waals surface area contributed by atoms with E-state index in [1.807, 2.05) is 4.90 Å². The standard InChI is InChI=1S/C14H19N3O3/c1-16(2)14(20)10-5-6-12(15-9-10)17-7-3-4-11(17)8-13(18)19/h5-6,9,11H,3-4,7-8H2,1-2H3,(H,18,19). The van der Waals surface area contributed by atoms with Gasteiger partial charge in [-0.1, -0.05) is 0 Å². The summed E-state index contributed by atoms with van der Waals surface area (Å²) in [6.45, 7) is 0.811. The van der Waals surface area contributed by atoms with Crippen LogP contribution < -0.4 is 4.90 Å². The number of aromatic nitrogens is 1. The van der Waals surface area contributed by atoms with Crippen molar-refractivity contribution in [3.63, 3.8) is 0 Å². The fraction of sp³-hybridized carbons (Fsp3) is 0.500. The first-order valence-corrected chi connectivity index (χ1v) is 6.65. The lowest BCUT2D eigenvalue weighted by Gasteiger charge is -2.24. The lowest BCUT2D eigenvalue weighted by molar-refractivity contribution is -0.137. The van der Waals surface area contributed by atoms with E-state index in [1.54, 1.807) is 32.4 Å². The highest BCUT2D eigenvalue weighted by Gasteiger charge is 2.27. The highest BCUT2D eigenvalue weighted by molar-refractivity contribution is 5.93. The minimum absolute atomic E-state index is 0.00426. The zero-order valence-corrected chi connectivity index (χ0v) is 11.7. The molecule has 1 aromatic heterocycles. The van der Waals surface area contributed by atoms with E-state index in [0.717, 1.165) is 25.2 Å². The summed E-state index contributed by atoms with van der Waals surface area (Å²) in [6.07, 6.45) is 3.51. The Kier molecular flexibility index (Phi) is 4.22. The molecule has 1 atom stereocenters. The second kappa shape index (κ2) is 5.90. The van der Waals surface area contributed by atoms with Gasteiger partial charge in [-0.15, -0.1) is 0 Å². The first kappa shape index (κ1) is 14.3. The van der Waals surface area contributed by atoms with Crippen LogP contribution in [0.5, 0.6) is 0 Å². The summed E-state index contributed by atoms with van der Waals surface area (Å²) in [7, 11) is 3.39. The Hall–Kier alpha value is -2.11. The maximum atomic E-state index is 11.8. The number of rotatable bonds is 4. The van der Waals surface area contributed by atoms with Gasteiger partial charge in [-0.3, -0.25) is 9.59 Å². The summed E-state index contributed by atoms with van der Waals surface area (Å²) < 4.78 is 0. The molecule has 108 valence electrons. The number of carboxylic acids is 1. The molecule has 1 aliphatic heterocycles. The fourth-order valence-corrected chi connectivity index (χ4v) is 2.49. The SMILES string of the molecule is CN(C)C(=O)c1ccc(N2CCCC2CC(=O)O)nc1. The molecule has 6 heteroatoms. The summed E-state index contributed by atoms with van der Waals surface area (Å²) in [4.78, 5) is 30.5. The van der Waals surface area contributed by atoms with Gasteiger partial charge < -0.3 is 14.9 Å². The summed E-state index contributed by atoms with van der Waals surface area (Å²) in [5, 5.41) is 8.92. The van der Waals surface area contributed by atoms with Crippen LogP contribution in [0.2, 0.25) is 0 Å². The predicted octanol–water partition coefficient (Wildman–Crippen LogP) is 1.23. The maximum absolute atomic E-state index is 11.8. The van der Waals surface area contributed by atoms with E-state index < -0.39 is 5.97 Å². The van der Waals surface area contributed by atoms with Crippen molar-refractivity contribution >= 4 is 17.7 Å². The Morgan fingerprint density at radius 3 is 2.75 bits per heavy atom. The minimum atomic E-state index is -0.790. The second-order valence-corrected chi connectivity index (χ2v) is 5.19. The molecule has 2 rings (SSSR count). The molecule has 1 fully saturated rings. The Bertz CT molecular complexity index is 499. The predicted molar refractivity (Wildman–Crippen MR) is 74.9 cm³/mol.